The van der Waals surface area contributed by atoms with Gasteiger partial charge in [-0.05, 0) is 42.7 Å². The molecule has 4 nitrogen and oxygen atoms in total. The summed E-state index contributed by atoms with van der Waals surface area (Å²) >= 11 is 11.8. The van der Waals surface area contributed by atoms with Crippen molar-refractivity contribution in [2.75, 3.05) is 13.7 Å². The fraction of sp³-hybridized carbons (Fsp3) is 0.333. The van der Waals surface area contributed by atoms with Gasteiger partial charge in [-0.25, -0.2) is 4.79 Å². The molecule has 112 valence electrons. The summed E-state index contributed by atoms with van der Waals surface area (Å²) in [4.78, 5) is 25.3. The summed E-state index contributed by atoms with van der Waals surface area (Å²) in [6.45, 7) is 0.555. The maximum Gasteiger partial charge on any atom is 0.328 e. The largest absolute Gasteiger partial charge is 0.467 e. The van der Waals surface area contributed by atoms with Crippen LogP contribution in [0.3, 0.4) is 0 Å². The third-order valence-electron chi connectivity index (χ3n) is 3.31. The normalized spacial score (nSPS) is 18.2. The number of benzene rings is 1. The summed E-state index contributed by atoms with van der Waals surface area (Å²) in [6, 6.07) is 4.55. The van der Waals surface area contributed by atoms with E-state index in [1.807, 2.05) is 0 Å². The zero-order chi connectivity index (χ0) is 15.4. The number of likely N-dealkylation sites (tertiary alicyclic amines) is 1. The van der Waals surface area contributed by atoms with Crippen LogP contribution in [0.4, 0.5) is 0 Å². The molecule has 0 N–H and O–H groups in total. The molecule has 6 heteroatoms. The van der Waals surface area contributed by atoms with E-state index in [0.717, 1.165) is 12.0 Å². The average Bonchev–Trinajstić information content (AvgIpc) is 2.92. The molecule has 0 bridgehead atoms. The van der Waals surface area contributed by atoms with Crippen molar-refractivity contribution < 1.29 is 14.3 Å². The molecule has 1 fully saturated rings. The second kappa shape index (κ2) is 6.96. The molecule has 1 heterocycles. The van der Waals surface area contributed by atoms with Gasteiger partial charge in [-0.2, -0.15) is 0 Å². The Hall–Kier alpha value is -1.52. The van der Waals surface area contributed by atoms with Crippen molar-refractivity contribution in [2.45, 2.75) is 18.9 Å². The zero-order valence-corrected chi connectivity index (χ0v) is 13.0. The van der Waals surface area contributed by atoms with Crippen molar-refractivity contribution in [3.8, 4) is 0 Å². The van der Waals surface area contributed by atoms with E-state index in [4.69, 9.17) is 27.9 Å². The summed E-state index contributed by atoms with van der Waals surface area (Å²) in [5.74, 6) is -0.598. The summed E-state index contributed by atoms with van der Waals surface area (Å²) in [6.07, 6.45) is 4.48. The summed E-state index contributed by atoms with van der Waals surface area (Å²) < 4.78 is 4.72. The van der Waals surface area contributed by atoms with E-state index in [2.05, 4.69) is 0 Å². The molecule has 1 aliphatic rings. The average molecular weight is 328 g/mol. The Morgan fingerprint density at radius 3 is 2.57 bits per heavy atom. The van der Waals surface area contributed by atoms with E-state index in [1.54, 1.807) is 24.3 Å². The number of carbonyl (C=O) groups is 2. The summed E-state index contributed by atoms with van der Waals surface area (Å²) in [5, 5.41) is 1.01. The highest BCUT2D eigenvalue weighted by atomic mass is 35.5. The van der Waals surface area contributed by atoms with Crippen molar-refractivity contribution in [3.05, 3.63) is 39.9 Å². The smallest absolute Gasteiger partial charge is 0.328 e. The monoisotopic (exact) mass is 327 g/mol. The highest BCUT2D eigenvalue weighted by molar-refractivity contribution is 6.34. The molecule has 0 saturated carbocycles. The Bertz CT molecular complexity index is 566. The van der Waals surface area contributed by atoms with Gasteiger partial charge in [0.1, 0.15) is 6.04 Å². The van der Waals surface area contributed by atoms with E-state index >= 15 is 0 Å². The Morgan fingerprint density at radius 1 is 1.29 bits per heavy atom. The molecule has 1 aromatic carbocycles. The minimum atomic E-state index is -0.491. The van der Waals surface area contributed by atoms with Gasteiger partial charge in [-0.1, -0.05) is 23.2 Å². The number of esters is 1. The Labute approximate surface area is 133 Å². The molecular formula is C15H15Cl2NO3. The van der Waals surface area contributed by atoms with Gasteiger partial charge in [0.25, 0.3) is 0 Å². The van der Waals surface area contributed by atoms with Gasteiger partial charge < -0.3 is 9.64 Å². The second-order valence-corrected chi connectivity index (χ2v) is 5.62. The first-order chi connectivity index (χ1) is 10.0. The molecular weight excluding hydrogens is 313 g/mol. The SMILES string of the molecule is COC(=O)C1CCCN1C(=O)/C=C/c1cc(Cl)cc(Cl)c1. The fourth-order valence-electron chi connectivity index (χ4n) is 2.35. The predicted octanol–water partition coefficient (Wildman–Crippen LogP) is 3.17. The Morgan fingerprint density at radius 2 is 1.95 bits per heavy atom. The van der Waals surface area contributed by atoms with E-state index in [0.29, 0.717) is 23.0 Å². The lowest BCUT2D eigenvalue weighted by Crippen LogP contribution is -2.40. The number of nitrogens with zero attached hydrogens (tertiary/aromatic N) is 1. The van der Waals surface area contributed by atoms with Crippen LogP contribution in [0.1, 0.15) is 18.4 Å². The molecule has 1 amide bonds. The van der Waals surface area contributed by atoms with Crippen LogP contribution in [0.15, 0.2) is 24.3 Å². The highest BCUT2D eigenvalue weighted by Crippen LogP contribution is 2.21. The number of methoxy groups -OCH3 is 1. The third-order valence-corrected chi connectivity index (χ3v) is 3.75. The topological polar surface area (TPSA) is 46.6 Å². The molecule has 0 aliphatic carbocycles. The van der Waals surface area contributed by atoms with Crippen molar-refractivity contribution in [1.82, 2.24) is 4.90 Å². The van der Waals surface area contributed by atoms with Gasteiger partial charge in [-0.3, -0.25) is 4.79 Å². The molecule has 0 radical (unpaired) electrons. The van der Waals surface area contributed by atoms with Crippen LogP contribution in [-0.4, -0.2) is 36.5 Å². The number of hydrogen-bond donors (Lipinski definition) is 0. The van der Waals surface area contributed by atoms with Crippen molar-refractivity contribution >= 4 is 41.2 Å². The molecule has 1 aromatic rings. The first-order valence-electron chi connectivity index (χ1n) is 6.54. The number of rotatable bonds is 3. The van der Waals surface area contributed by atoms with E-state index < -0.39 is 6.04 Å². The second-order valence-electron chi connectivity index (χ2n) is 4.75. The number of ether oxygens (including phenoxy) is 1. The number of halogens is 2. The van der Waals surface area contributed by atoms with E-state index in [1.165, 1.54) is 18.1 Å². The van der Waals surface area contributed by atoms with Gasteiger partial charge in [0.15, 0.2) is 0 Å². The van der Waals surface area contributed by atoms with Crippen LogP contribution < -0.4 is 0 Å². The summed E-state index contributed by atoms with van der Waals surface area (Å²) in [7, 11) is 1.33. The third kappa shape index (κ3) is 3.99. The van der Waals surface area contributed by atoms with E-state index in [9.17, 15) is 9.59 Å². The lowest BCUT2D eigenvalue weighted by Gasteiger charge is -2.20. The molecule has 0 spiro atoms. The van der Waals surface area contributed by atoms with Gasteiger partial charge in [0, 0.05) is 22.7 Å². The molecule has 2 rings (SSSR count). The first kappa shape index (κ1) is 15.9. The minimum absolute atomic E-state index is 0.223. The van der Waals surface area contributed by atoms with Crippen LogP contribution in [0.25, 0.3) is 6.08 Å². The standard InChI is InChI=1S/C15H15Cl2NO3/c1-21-15(20)13-3-2-6-18(13)14(19)5-4-10-7-11(16)9-12(17)8-10/h4-5,7-9,13H,2-3,6H2,1H3/b5-4+. The molecule has 1 unspecified atom stereocenters. The van der Waals surface area contributed by atoms with Crippen molar-refractivity contribution in [3.63, 3.8) is 0 Å². The van der Waals surface area contributed by atoms with Crippen LogP contribution in [0.2, 0.25) is 10.0 Å². The molecule has 0 aromatic heterocycles. The van der Waals surface area contributed by atoms with Crippen LogP contribution >= 0.6 is 23.2 Å². The number of hydrogen-bond acceptors (Lipinski definition) is 3. The molecule has 21 heavy (non-hydrogen) atoms. The van der Waals surface area contributed by atoms with Crippen LogP contribution in [0.5, 0.6) is 0 Å². The van der Waals surface area contributed by atoms with Crippen LogP contribution in [-0.2, 0) is 14.3 Å². The van der Waals surface area contributed by atoms with Gasteiger partial charge >= 0.3 is 5.97 Å². The van der Waals surface area contributed by atoms with Gasteiger partial charge in [0.2, 0.25) is 5.91 Å². The molecule has 1 atom stereocenters. The fourth-order valence-corrected chi connectivity index (χ4v) is 2.89. The maximum absolute atomic E-state index is 12.2. The summed E-state index contributed by atoms with van der Waals surface area (Å²) in [5.41, 5.74) is 0.731. The quantitative estimate of drug-likeness (QED) is 0.632. The predicted molar refractivity (Wildman–Crippen MR) is 82.2 cm³/mol. The lowest BCUT2D eigenvalue weighted by molar-refractivity contribution is -0.149. The Balaban J connectivity index is 2.09. The molecule has 1 aliphatic heterocycles. The lowest BCUT2D eigenvalue weighted by atomic mass is 10.2. The molecule has 1 saturated heterocycles. The van der Waals surface area contributed by atoms with Crippen LogP contribution in [0, 0.1) is 0 Å². The first-order valence-corrected chi connectivity index (χ1v) is 7.29. The highest BCUT2D eigenvalue weighted by Gasteiger charge is 2.33. The van der Waals surface area contributed by atoms with Gasteiger partial charge in [0.05, 0.1) is 7.11 Å². The van der Waals surface area contributed by atoms with Crippen molar-refractivity contribution in [1.29, 1.82) is 0 Å². The Kier molecular flexibility index (Phi) is 5.26. The zero-order valence-electron chi connectivity index (χ0n) is 11.5. The van der Waals surface area contributed by atoms with Gasteiger partial charge in [-0.15, -0.1) is 0 Å². The minimum Gasteiger partial charge on any atom is -0.467 e. The maximum atomic E-state index is 12.2. The number of carbonyl (C=O) groups excluding carboxylic acids is 2. The van der Waals surface area contributed by atoms with E-state index in [-0.39, 0.29) is 11.9 Å². The number of amides is 1. The van der Waals surface area contributed by atoms with Crippen molar-refractivity contribution in [2.24, 2.45) is 0 Å².